The number of benzene rings is 2. The summed E-state index contributed by atoms with van der Waals surface area (Å²) in [6.07, 6.45) is 4.52. The highest BCUT2D eigenvalue weighted by atomic mass is 16.5. The summed E-state index contributed by atoms with van der Waals surface area (Å²) in [5.74, 6) is 1.01. The molecular weight excluding hydrogens is 316 g/mol. The minimum atomic E-state index is -0.0793. The van der Waals surface area contributed by atoms with Crippen molar-refractivity contribution in [3.8, 4) is 11.5 Å². The van der Waals surface area contributed by atoms with E-state index in [0.29, 0.717) is 22.7 Å². The predicted octanol–water partition coefficient (Wildman–Crippen LogP) is 3.68. The maximum atomic E-state index is 13.1. The van der Waals surface area contributed by atoms with Crippen molar-refractivity contribution >= 4 is 23.4 Å². The van der Waals surface area contributed by atoms with Crippen LogP contribution in [0.5, 0.6) is 11.5 Å². The Labute approximate surface area is 146 Å². The summed E-state index contributed by atoms with van der Waals surface area (Å²) >= 11 is 0. The average molecular weight is 334 g/mol. The number of hydrogen-bond donors (Lipinski definition) is 0. The second kappa shape index (κ2) is 6.09. The van der Waals surface area contributed by atoms with Crippen molar-refractivity contribution in [2.24, 2.45) is 4.99 Å². The van der Waals surface area contributed by atoms with Crippen molar-refractivity contribution in [2.45, 2.75) is 12.5 Å². The minimum absolute atomic E-state index is 0.0768. The van der Waals surface area contributed by atoms with Crippen LogP contribution in [0.4, 0.5) is 5.69 Å². The van der Waals surface area contributed by atoms with Crippen LogP contribution in [-0.2, 0) is 0 Å². The molecule has 2 heterocycles. The normalized spacial score (nSPS) is 18.3. The summed E-state index contributed by atoms with van der Waals surface area (Å²) in [7, 11) is 3.13. The Hall–Kier alpha value is -3.08. The highest BCUT2D eigenvalue weighted by Crippen LogP contribution is 2.39. The fourth-order valence-corrected chi connectivity index (χ4v) is 3.27. The molecule has 0 radical (unpaired) electrons. The number of methoxy groups -OCH3 is 2. The van der Waals surface area contributed by atoms with Crippen molar-refractivity contribution in [1.29, 1.82) is 0 Å². The fourth-order valence-electron chi connectivity index (χ4n) is 3.27. The van der Waals surface area contributed by atoms with Gasteiger partial charge in [0.2, 0.25) is 0 Å². The molecule has 0 aromatic heterocycles. The van der Waals surface area contributed by atoms with Gasteiger partial charge in [-0.25, -0.2) is 0 Å². The third-order valence-corrected chi connectivity index (χ3v) is 4.58. The number of hydrogen-bond acceptors (Lipinski definition) is 4. The number of ether oxygens (including phenoxy) is 2. The van der Waals surface area contributed by atoms with E-state index in [1.807, 2.05) is 30.6 Å². The van der Waals surface area contributed by atoms with Crippen LogP contribution >= 0.6 is 0 Å². The molecule has 0 N–H and O–H groups in total. The summed E-state index contributed by atoms with van der Waals surface area (Å²) in [4.78, 5) is 19.4. The van der Waals surface area contributed by atoms with E-state index in [9.17, 15) is 4.79 Å². The number of amides is 1. The number of aliphatic imine (C=N–C) groups is 1. The molecule has 0 unspecified atom stereocenters. The van der Waals surface area contributed by atoms with Gasteiger partial charge in [0, 0.05) is 24.9 Å². The van der Waals surface area contributed by atoms with Gasteiger partial charge in [0.1, 0.15) is 0 Å². The van der Waals surface area contributed by atoms with E-state index in [2.05, 4.69) is 17.1 Å². The number of carbonyl (C=O) groups is 1. The standard InChI is InChI=1S/C20H18N2O3/c1-24-18-9-16-17(10-19(18)25-2)21-11-15-8-14(12-22(15)20(16)23)13-6-4-3-5-7-13/h3-7,9-12,15H,8H2,1-2H3/t15-/m0/s1. The van der Waals surface area contributed by atoms with E-state index in [0.717, 1.165) is 17.6 Å². The molecule has 0 bridgehead atoms. The number of fused-ring (bicyclic) bond motifs is 2. The maximum absolute atomic E-state index is 13.1. The highest BCUT2D eigenvalue weighted by Gasteiger charge is 2.33. The van der Waals surface area contributed by atoms with Crippen molar-refractivity contribution in [1.82, 2.24) is 4.90 Å². The van der Waals surface area contributed by atoms with Gasteiger partial charge < -0.3 is 14.4 Å². The molecule has 0 saturated heterocycles. The van der Waals surface area contributed by atoms with Crippen LogP contribution in [0.15, 0.2) is 53.7 Å². The molecule has 5 nitrogen and oxygen atoms in total. The first-order chi connectivity index (χ1) is 12.2. The fraction of sp³-hybridized carbons (Fsp3) is 0.200. The quantitative estimate of drug-likeness (QED) is 0.860. The molecule has 2 aliphatic rings. The van der Waals surface area contributed by atoms with Gasteiger partial charge in [0.05, 0.1) is 31.5 Å². The molecule has 2 aromatic rings. The molecule has 5 heteroatoms. The van der Waals surface area contributed by atoms with E-state index >= 15 is 0 Å². The van der Waals surface area contributed by atoms with Gasteiger partial charge in [0.15, 0.2) is 11.5 Å². The van der Waals surface area contributed by atoms with Crippen molar-refractivity contribution in [3.05, 3.63) is 59.8 Å². The van der Waals surface area contributed by atoms with E-state index in [1.54, 1.807) is 31.3 Å². The Balaban J connectivity index is 1.75. The number of carbonyl (C=O) groups excluding carboxylic acids is 1. The smallest absolute Gasteiger partial charge is 0.260 e. The van der Waals surface area contributed by atoms with Gasteiger partial charge in [-0.1, -0.05) is 30.3 Å². The summed E-state index contributed by atoms with van der Waals surface area (Å²) in [6.45, 7) is 0. The molecule has 1 atom stereocenters. The third kappa shape index (κ3) is 2.58. The highest BCUT2D eigenvalue weighted by molar-refractivity contribution is 6.05. The lowest BCUT2D eigenvalue weighted by Crippen LogP contribution is -2.32. The zero-order chi connectivity index (χ0) is 17.4. The predicted molar refractivity (Wildman–Crippen MR) is 96.7 cm³/mol. The Morgan fingerprint density at radius 3 is 2.52 bits per heavy atom. The van der Waals surface area contributed by atoms with Crippen LogP contribution in [-0.4, -0.2) is 37.3 Å². The van der Waals surface area contributed by atoms with Crippen LogP contribution < -0.4 is 9.47 Å². The summed E-state index contributed by atoms with van der Waals surface area (Å²) in [5, 5.41) is 0. The maximum Gasteiger partial charge on any atom is 0.260 e. The second-order valence-electron chi connectivity index (χ2n) is 6.01. The molecule has 25 heavy (non-hydrogen) atoms. The summed E-state index contributed by atoms with van der Waals surface area (Å²) in [6, 6.07) is 13.5. The van der Waals surface area contributed by atoms with E-state index in [4.69, 9.17) is 9.47 Å². The van der Waals surface area contributed by atoms with Gasteiger partial charge in [-0.2, -0.15) is 0 Å². The molecule has 0 spiro atoms. The largest absolute Gasteiger partial charge is 0.493 e. The lowest BCUT2D eigenvalue weighted by atomic mass is 10.0. The van der Waals surface area contributed by atoms with Crippen LogP contribution in [0.3, 0.4) is 0 Å². The lowest BCUT2D eigenvalue weighted by molar-refractivity contribution is 0.0817. The van der Waals surface area contributed by atoms with Gasteiger partial charge in [-0.15, -0.1) is 0 Å². The Morgan fingerprint density at radius 1 is 1.08 bits per heavy atom. The van der Waals surface area contributed by atoms with Crippen molar-refractivity contribution < 1.29 is 14.3 Å². The molecular formula is C20H18N2O3. The minimum Gasteiger partial charge on any atom is -0.493 e. The van der Waals surface area contributed by atoms with E-state index < -0.39 is 0 Å². The molecule has 0 aliphatic carbocycles. The first-order valence-electron chi connectivity index (χ1n) is 8.10. The molecule has 0 fully saturated rings. The first-order valence-corrected chi connectivity index (χ1v) is 8.10. The van der Waals surface area contributed by atoms with Gasteiger partial charge in [0.25, 0.3) is 5.91 Å². The Bertz CT molecular complexity index is 887. The monoisotopic (exact) mass is 334 g/mol. The first kappa shape index (κ1) is 15.4. The number of nitrogens with zero attached hydrogens (tertiary/aromatic N) is 2. The van der Waals surface area contributed by atoms with Gasteiger partial charge >= 0.3 is 0 Å². The zero-order valence-electron chi connectivity index (χ0n) is 14.1. The van der Waals surface area contributed by atoms with Crippen LogP contribution in [0.25, 0.3) is 5.57 Å². The van der Waals surface area contributed by atoms with Crippen LogP contribution in [0.2, 0.25) is 0 Å². The molecule has 2 aromatic carbocycles. The SMILES string of the molecule is COc1cc2c(cc1OC)C(=O)N1C=C(c3ccccc3)C[C@H]1C=N2. The van der Waals surface area contributed by atoms with Crippen LogP contribution in [0.1, 0.15) is 22.3 Å². The molecule has 1 amide bonds. The molecule has 0 saturated carbocycles. The summed E-state index contributed by atoms with van der Waals surface area (Å²) in [5.41, 5.74) is 3.38. The van der Waals surface area contributed by atoms with Gasteiger partial charge in [-0.3, -0.25) is 9.79 Å². The zero-order valence-corrected chi connectivity index (χ0v) is 14.1. The van der Waals surface area contributed by atoms with Crippen LogP contribution in [0, 0.1) is 0 Å². The summed E-state index contributed by atoms with van der Waals surface area (Å²) < 4.78 is 10.6. The molecule has 4 rings (SSSR count). The van der Waals surface area contributed by atoms with E-state index in [-0.39, 0.29) is 11.9 Å². The third-order valence-electron chi connectivity index (χ3n) is 4.58. The van der Waals surface area contributed by atoms with E-state index in [1.165, 1.54) is 0 Å². The average Bonchev–Trinajstić information content (AvgIpc) is 3.05. The Kier molecular flexibility index (Phi) is 3.76. The lowest BCUT2D eigenvalue weighted by Gasteiger charge is -2.18. The Morgan fingerprint density at radius 2 is 1.80 bits per heavy atom. The topological polar surface area (TPSA) is 51.1 Å². The van der Waals surface area contributed by atoms with Crippen molar-refractivity contribution in [2.75, 3.05) is 14.2 Å². The number of rotatable bonds is 3. The molecule has 2 aliphatic heterocycles. The van der Waals surface area contributed by atoms with Gasteiger partial charge in [-0.05, 0) is 17.2 Å². The second-order valence-corrected chi connectivity index (χ2v) is 6.01. The molecule has 126 valence electrons. The van der Waals surface area contributed by atoms with Crippen molar-refractivity contribution in [3.63, 3.8) is 0 Å².